The lowest BCUT2D eigenvalue weighted by molar-refractivity contribution is 0.310. The maximum atomic E-state index is 13.1. The van der Waals surface area contributed by atoms with Crippen molar-refractivity contribution >= 4 is 32.8 Å². The standard InChI is InChI=1S/C16H12BrFN6O2/c17-6-5-10-12-11(21-15(22-12)13-14(19)24-26-23-13)7-20-16(10)25-9-3-1-8(18)2-4-9/h1-4,7H,5-6H2,(H2,19,24)(H,21,22). The summed E-state index contributed by atoms with van der Waals surface area (Å²) in [6, 6.07) is 5.73. The fourth-order valence-corrected chi connectivity index (χ4v) is 2.90. The Bertz CT molecular complexity index is 1060. The van der Waals surface area contributed by atoms with Gasteiger partial charge in [-0.25, -0.2) is 19.0 Å². The minimum absolute atomic E-state index is 0.141. The van der Waals surface area contributed by atoms with Gasteiger partial charge in [0, 0.05) is 10.9 Å². The Kier molecular flexibility index (Phi) is 4.25. The van der Waals surface area contributed by atoms with Gasteiger partial charge >= 0.3 is 0 Å². The number of aryl methyl sites for hydroxylation is 1. The highest BCUT2D eigenvalue weighted by molar-refractivity contribution is 9.09. The summed E-state index contributed by atoms with van der Waals surface area (Å²) >= 11 is 3.43. The maximum Gasteiger partial charge on any atom is 0.224 e. The number of rotatable bonds is 5. The number of ether oxygens (including phenoxy) is 1. The molecule has 0 aliphatic carbocycles. The molecular weight excluding hydrogens is 407 g/mol. The largest absolute Gasteiger partial charge is 0.439 e. The van der Waals surface area contributed by atoms with E-state index in [2.05, 4.69) is 45.8 Å². The number of H-pyrrole nitrogens is 1. The van der Waals surface area contributed by atoms with Crippen molar-refractivity contribution < 1.29 is 13.8 Å². The number of pyridine rings is 1. The van der Waals surface area contributed by atoms with E-state index >= 15 is 0 Å². The SMILES string of the molecule is Nc1nonc1-c1nc2c(CCBr)c(Oc3ccc(F)cc3)ncc2[nH]1. The summed E-state index contributed by atoms with van der Waals surface area (Å²) in [5.41, 5.74) is 8.22. The molecule has 0 saturated heterocycles. The molecule has 0 saturated carbocycles. The molecule has 0 amide bonds. The first-order valence-electron chi connectivity index (χ1n) is 7.61. The number of imidazole rings is 1. The summed E-state index contributed by atoms with van der Waals surface area (Å²) in [5.74, 6) is 1.11. The summed E-state index contributed by atoms with van der Waals surface area (Å²) in [4.78, 5) is 12.0. The molecule has 8 nitrogen and oxygen atoms in total. The molecule has 132 valence electrons. The Morgan fingerprint density at radius 2 is 2.04 bits per heavy atom. The summed E-state index contributed by atoms with van der Waals surface area (Å²) in [6.45, 7) is 0. The van der Waals surface area contributed by atoms with Crippen molar-refractivity contribution in [1.29, 1.82) is 0 Å². The third kappa shape index (κ3) is 2.99. The number of hydrogen-bond donors (Lipinski definition) is 2. The van der Waals surface area contributed by atoms with Crippen LogP contribution in [0.15, 0.2) is 35.1 Å². The van der Waals surface area contributed by atoms with Crippen LogP contribution in [-0.2, 0) is 6.42 Å². The van der Waals surface area contributed by atoms with E-state index in [0.29, 0.717) is 45.9 Å². The highest BCUT2D eigenvalue weighted by Gasteiger charge is 2.19. The van der Waals surface area contributed by atoms with E-state index in [-0.39, 0.29) is 11.6 Å². The fourth-order valence-electron chi connectivity index (χ4n) is 2.51. The maximum absolute atomic E-state index is 13.1. The Labute approximate surface area is 154 Å². The third-order valence-electron chi connectivity index (χ3n) is 3.70. The van der Waals surface area contributed by atoms with Crippen LogP contribution in [0.3, 0.4) is 0 Å². The van der Waals surface area contributed by atoms with Gasteiger partial charge in [-0.15, -0.1) is 0 Å². The molecule has 0 aliphatic heterocycles. The van der Waals surface area contributed by atoms with E-state index in [0.717, 1.165) is 5.56 Å². The van der Waals surface area contributed by atoms with Crippen LogP contribution in [0.1, 0.15) is 5.56 Å². The van der Waals surface area contributed by atoms with Gasteiger partial charge in [-0.1, -0.05) is 15.9 Å². The van der Waals surface area contributed by atoms with Crippen molar-refractivity contribution in [3.05, 3.63) is 41.8 Å². The number of benzene rings is 1. The van der Waals surface area contributed by atoms with Crippen LogP contribution in [-0.4, -0.2) is 30.6 Å². The Hall–Kier alpha value is -3.01. The number of aromatic amines is 1. The third-order valence-corrected chi connectivity index (χ3v) is 4.09. The monoisotopic (exact) mass is 418 g/mol. The van der Waals surface area contributed by atoms with Crippen LogP contribution in [0.25, 0.3) is 22.6 Å². The molecule has 0 atom stereocenters. The second-order valence-electron chi connectivity index (χ2n) is 5.38. The van der Waals surface area contributed by atoms with Crippen molar-refractivity contribution in [2.24, 2.45) is 0 Å². The van der Waals surface area contributed by atoms with Gasteiger partial charge in [0.25, 0.3) is 0 Å². The average Bonchev–Trinajstić information content (AvgIpc) is 3.25. The molecule has 0 spiro atoms. The average molecular weight is 419 g/mol. The van der Waals surface area contributed by atoms with Crippen molar-refractivity contribution in [2.45, 2.75) is 6.42 Å². The number of nitrogens with two attached hydrogens (primary N) is 1. The molecule has 4 aromatic rings. The highest BCUT2D eigenvalue weighted by atomic mass is 79.9. The minimum atomic E-state index is -0.336. The van der Waals surface area contributed by atoms with Crippen LogP contribution >= 0.6 is 15.9 Å². The second kappa shape index (κ2) is 6.71. The zero-order valence-corrected chi connectivity index (χ0v) is 14.8. The molecule has 0 fully saturated rings. The highest BCUT2D eigenvalue weighted by Crippen LogP contribution is 2.31. The van der Waals surface area contributed by atoms with E-state index in [1.54, 1.807) is 6.20 Å². The summed E-state index contributed by atoms with van der Waals surface area (Å²) in [5, 5.41) is 7.99. The van der Waals surface area contributed by atoms with Crippen LogP contribution < -0.4 is 10.5 Å². The molecule has 3 heterocycles. The number of fused-ring (bicyclic) bond motifs is 1. The minimum Gasteiger partial charge on any atom is -0.439 e. The predicted molar refractivity (Wildman–Crippen MR) is 95.6 cm³/mol. The molecule has 3 aromatic heterocycles. The smallest absolute Gasteiger partial charge is 0.224 e. The number of nitrogens with one attached hydrogen (secondary N) is 1. The molecule has 0 aliphatic rings. The van der Waals surface area contributed by atoms with Gasteiger partial charge in [-0.3, -0.25) is 0 Å². The van der Waals surface area contributed by atoms with Crippen LogP contribution in [0.5, 0.6) is 11.6 Å². The van der Waals surface area contributed by atoms with Gasteiger partial charge in [0.15, 0.2) is 17.3 Å². The summed E-state index contributed by atoms with van der Waals surface area (Å²) in [7, 11) is 0. The lowest BCUT2D eigenvalue weighted by Crippen LogP contribution is -1.97. The van der Waals surface area contributed by atoms with E-state index in [1.165, 1.54) is 24.3 Å². The van der Waals surface area contributed by atoms with Gasteiger partial charge < -0.3 is 15.5 Å². The van der Waals surface area contributed by atoms with Crippen molar-refractivity contribution in [3.63, 3.8) is 0 Å². The molecule has 10 heteroatoms. The van der Waals surface area contributed by atoms with Gasteiger partial charge in [-0.2, -0.15) is 0 Å². The first-order chi connectivity index (χ1) is 12.7. The number of aromatic nitrogens is 5. The molecule has 0 unspecified atom stereocenters. The number of nitrogen functional groups attached to an aromatic ring is 1. The van der Waals surface area contributed by atoms with E-state index in [4.69, 9.17) is 10.5 Å². The van der Waals surface area contributed by atoms with Crippen molar-refractivity contribution in [1.82, 2.24) is 25.3 Å². The van der Waals surface area contributed by atoms with Gasteiger partial charge in [0.05, 0.1) is 17.2 Å². The fraction of sp³-hybridized carbons (Fsp3) is 0.125. The van der Waals surface area contributed by atoms with Crippen LogP contribution in [0.4, 0.5) is 10.2 Å². The Morgan fingerprint density at radius 3 is 2.73 bits per heavy atom. The van der Waals surface area contributed by atoms with Gasteiger partial charge in [0.1, 0.15) is 11.6 Å². The molecular formula is C16H12BrFN6O2. The number of alkyl halides is 1. The first-order valence-corrected chi connectivity index (χ1v) is 8.73. The molecule has 1 aromatic carbocycles. The van der Waals surface area contributed by atoms with E-state index in [9.17, 15) is 4.39 Å². The second-order valence-corrected chi connectivity index (χ2v) is 6.18. The molecule has 4 rings (SSSR count). The zero-order valence-electron chi connectivity index (χ0n) is 13.2. The van der Waals surface area contributed by atoms with Crippen LogP contribution in [0.2, 0.25) is 0 Å². The van der Waals surface area contributed by atoms with Crippen LogP contribution in [0, 0.1) is 5.82 Å². The summed E-state index contributed by atoms with van der Waals surface area (Å²) < 4.78 is 23.5. The Morgan fingerprint density at radius 1 is 1.23 bits per heavy atom. The summed E-state index contributed by atoms with van der Waals surface area (Å²) in [6.07, 6.45) is 2.23. The van der Waals surface area contributed by atoms with Gasteiger partial charge in [0.2, 0.25) is 5.88 Å². The lowest BCUT2D eigenvalue weighted by atomic mass is 10.2. The first kappa shape index (κ1) is 16.5. The van der Waals surface area contributed by atoms with Crippen molar-refractivity contribution in [3.8, 4) is 23.1 Å². The van der Waals surface area contributed by atoms with Crippen molar-refractivity contribution in [2.75, 3.05) is 11.1 Å². The molecule has 3 N–H and O–H groups in total. The number of nitrogens with zero attached hydrogens (tertiary/aromatic N) is 4. The normalized spacial score (nSPS) is 11.2. The van der Waals surface area contributed by atoms with E-state index < -0.39 is 0 Å². The topological polar surface area (TPSA) is 116 Å². The van der Waals surface area contributed by atoms with E-state index in [1.807, 2.05) is 0 Å². The quantitative estimate of drug-likeness (QED) is 0.476. The number of halogens is 2. The Balaban J connectivity index is 1.79. The molecule has 0 radical (unpaired) electrons. The zero-order chi connectivity index (χ0) is 18.1. The molecule has 26 heavy (non-hydrogen) atoms. The number of anilines is 1. The number of hydrogen-bond acceptors (Lipinski definition) is 7. The lowest BCUT2D eigenvalue weighted by Gasteiger charge is -2.09. The molecule has 0 bridgehead atoms. The van der Waals surface area contributed by atoms with Gasteiger partial charge in [-0.05, 0) is 41.0 Å². The predicted octanol–water partition coefficient (Wildman–Crippen LogP) is 3.46.